The van der Waals surface area contributed by atoms with E-state index < -0.39 is 5.92 Å². The highest BCUT2D eigenvalue weighted by molar-refractivity contribution is 7.07. The fourth-order valence-corrected chi connectivity index (χ4v) is 3.30. The number of benzene rings is 1. The minimum atomic E-state index is -3.12. The van der Waals surface area contributed by atoms with Crippen molar-refractivity contribution in [3.8, 4) is 11.3 Å². The van der Waals surface area contributed by atoms with Gasteiger partial charge in [0.1, 0.15) is 5.69 Å². The quantitative estimate of drug-likeness (QED) is 0.484. The van der Waals surface area contributed by atoms with Gasteiger partial charge in [0, 0.05) is 28.9 Å². The number of rotatable bonds is 5. The monoisotopic (exact) mass is 396 g/mol. The molecule has 8 heteroatoms. The third kappa shape index (κ3) is 3.29. The van der Waals surface area contributed by atoms with Crippen LogP contribution in [0.5, 0.6) is 0 Å². The summed E-state index contributed by atoms with van der Waals surface area (Å²) in [6.45, 7) is 3.19. The number of carbonyl (C=O) groups is 1. The molecule has 0 bridgehead atoms. The molecule has 0 aliphatic heterocycles. The summed E-state index contributed by atoms with van der Waals surface area (Å²) < 4.78 is 29.6. The molecule has 4 aromatic rings. The van der Waals surface area contributed by atoms with Crippen LogP contribution < -0.4 is 5.32 Å². The molecular formula is C20H14F2N4OS. The average Bonchev–Trinajstić information content (AvgIpc) is 3.38. The fraction of sp³-hybridized carbons (Fsp3) is 0.0500. The van der Waals surface area contributed by atoms with E-state index >= 15 is 0 Å². The number of anilines is 1. The molecule has 0 aliphatic rings. The number of amides is 1. The van der Waals surface area contributed by atoms with Gasteiger partial charge in [0.05, 0.1) is 16.9 Å². The predicted octanol–water partition coefficient (Wildman–Crippen LogP) is 4.99. The van der Waals surface area contributed by atoms with Gasteiger partial charge in [-0.2, -0.15) is 8.78 Å². The Kier molecular flexibility index (Phi) is 4.48. The van der Waals surface area contributed by atoms with E-state index in [9.17, 15) is 13.6 Å². The number of alkyl halides is 2. The average molecular weight is 396 g/mol. The Bertz CT molecular complexity index is 1170. The fourth-order valence-electron chi connectivity index (χ4n) is 2.76. The Morgan fingerprint density at radius 3 is 2.89 bits per heavy atom. The van der Waals surface area contributed by atoms with Crippen LogP contribution in [0.2, 0.25) is 0 Å². The molecule has 1 amide bonds. The first-order valence-corrected chi connectivity index (χ1v) is 9.22. The van der Waals surface area contributed by atoms with Crippen LogP contribution in [-0.2, 0) is 5.92 Å². The highest BCUT2D eigenvalue weighted by Gasteiger charge is 2.27. The molecule has 3 heterocycles. The van der Waals surface area contributed by atoms with Crippen LogP contribution >= 0.6 is 11.3 Å². The van der Waals surface area contributed by atoms with Crippen molar-refractivity contribution in [1.82, 2.24) is 14.4 Å². The van der Waals surface area contributed by atoms with Crippen molar-refractivity contribution < 1.29 is 13.6 Å². The maximum Gasteiger partial charge on any atom is 0.291 e. The number of nitrogens with one attached hydrogen (secondary N) is 1. The zero-order valence-corrected chi connectivity index (χ0v) is 15.3. The molecule has 5 nitrogen and oxygen atoms in total. The van der Waals surface area contributed by atoms with Crippen LogP contribution in [0.3, 0.4) is 0 Å². The number of hydrogen-bond acceptors (Lipinski definition) is 4. The van der Waals surface area contributed by atoms with Crippen LogP contribution in [0, 0.1) is 0 Å². The lowest BCUT2D eigenvalue weighted by atomic mass is 10.0. The molecule has 0 radical (unpaired) electrons. The Hall–Kier alpha value is -3.39. The molecule has 0 spiro atoms. The number of hydrogen-bond donors (Lipinski definition) is 1. The molecule has 0 aliphatic carbocycles. The summed E-state index contributed by atoms with van der Waals surface area (Å²) in [6, 6.07) is 9.47. The van der Waals surface area contributed by atoms with Crippen molar-refractivity contribution in [3.05, 3.63) is 83.6 Å². The number of halogens is 2. The summed E-state index contributed by atoms with van der Waals surface area (Å²) in [5.41, 5.74) is 3.79. The summed E-state index contributed by atoms with van der Waals surface area (Å²) in [6.07, 6.45) is 4.10. The van der Waals surface area contributed by atoms with E-state index in [4.69, 9.17) is 0 Å². The van der Waals surface area contributed by atoms with Crippen molar-refractivity contribution in [2.24, 2.45) is 0 Å². The zero-order chi connectivity index (χ0) is 19.7. The summed E-state index contributed by atoms with van der Waals surface area (Å²) >= 11 is 1.33. The van der Waals surface area contributed by atoms with Crippen molar-refractivity contribution in [2.45, 2.75) is 5.92 Å². The number of nitrogens with zero attached hydrogens (tertiary/aromatic N) is 3. The summed E-state index contributed by atoms with van der Waals surface area (Å²) in [4.78, 5) is 20.8. The molecule has 0 fully saturated rings. The van der Waals surface area contributed by atoms with E-state index in [0.29, 0.717) is 34.4 Å². The van der Waals surface area contributed by atoms with Gasteiger partial charge in [-0.25, -0.2) is 9.97 Å². The van der Waals surface area contributed by atoms with Crippen LogP contribution in [-0.4, -0.2) is 20.3 Å². The number of thiazole rings is 1. The lowest BCUT2D eigenvalue weighted by Gasteiger charge is -2.12. The SMILES string of the molecule is C=CC(F)(F)c1cccc(-c2cn3cccc(NC(=O)c4cscn4)c3n2)c1. The van der Waals surface area contributed by atoms with Gasteiger partial charge in [-0.15, -0.1) is 11.3 Å². The van der Waals surface area contributed by atoms with Crippen molar-refractivity contribution in [2.75, 3.05) is 5.32 Å². The third-order valence-corrected chi connectivity index (χ3v) is 4.78. The summed E-state index contributed by atoms with van der Waals surface area (Å²) in [7, 11) is 0. The normalized spacial score (nSPS) is 11.5. The van der Waals surface area contributed by atoms with Crippen LogP contribution in [0.1, 0.15) is 16.1 Å². The first-order valence-electron chi connectivity index (χ1n) is 8.27. The first kappa shape index (κ1) is 18.0. The van der Waals surface area contributed by atoms with Crippen LogP contribution in [0.4, 0.5) is 14.5 Å². The number of carbonyl (C=O) groups excluding carboxylic acids is 1. The number of allylic oxidation sites excluding steroid dienone is 1. The van der Waals surface area contributed by atoms with E-state index in [-0.39, 0.29) is 11.5 Å². The van der Waals surface area contributed by atoms with Gasteiger partial charge < -0.3 is 9.72 Å². The largest absolute Gasteiger partial charge is 0.317 e. The van der Waals surface area contributed by atoms with E-state index in [2.05, 4.69) is 21.9 Å². The van der Waals surface area contributed by atoms with Gasteiger partial charge >= 0.3 is 0 Å². The van der Waals surface area contributed by atoms with Crippen LogP contribution in [0.15, 0.2) is 72.3 Å². The molecule has 0 saturated heterocycles. The molecule has 1 N–H and O–H groups in total. The minimum absolute atomic E-state index is 0.158. The minimum Gasteiger partial charge on any atom is -0.317 e. The van der Waals surface area contributed by atoms with Gasteiger partial charge in [0.15, 0.2) is 5.65 Å². The maximum atomic E-state index is 13.9. The number of pyridine rings is 1. The van der Waals surface area contributed by atoms with Gasteiger partial charge in [-0.3, -0.25) is 4.79 Å². The van der Waals surface area contributed by atoms with Crippen molar-refractivity contribution in [3.63, 3.8) is 0 Å². The molecule has 1 aromatic carbocycles. The first-order chi connectivity index (χ1) is 13.5. The highest BCUT2D eigenvalue weighted by Crippen LogP contribution is 2.32. The van der Waals surface area contributed by atoms with E-state index in [0.717, 1.165) is 0 Å². The van der Waals surface area contributed by atoms with Gasteiger partial charge in [-0.05, 0) is 24.3 Å². The maximum absolute atomic E-state index is 13.9. The van der Waals surface area contributed by atoms with E-state index in [1.54, 1.807) is 52.0 Å². The van der Waals surface area contributed by atoms with Gasteiger partial charge in [0.25, 0.3) is 11.8 Å². The third-order valence-electron chi connectivity index (χ3n) is 4.20. The molecule has 0 unspecified atom stereocenters. The van der Waals surface area contributed by atoms with Crippen LogP contribution in [0.25, 0.3) is 16.9 Å². The smallest absolute Gasteiger partial charge is 0.291 e. The van der Waals surface area contributed by atoms with Gasteiger partial charge in [0.2, 0.25) is 0 Å². The molecule has 28 heavy (non-hydrogen) atoms. The Balaban J connectivity index is 1.72. The molecule has 0 atom stereocenters. The van der Waals surface area contributed by atoms with Crippen molar-refractivity contribution in [1.29, 1.82) is 0 Å². The number of imidazole rings is 1. The second kappa shape index (κ2) is 6.97. The summed E-state index contributed by atoms with van der Waals surface area (Å²) in [5, 5.41) is 4.44. The standard InChI is InChI=1S/C20H14F2N4OS/c1-2-20(21,22)14-6-3-5-13(9-14)16-10-26-8-4-7-15(18(26)24-16)25-19(27)17-11-28-12-23-17/h2-12H,1H2,(H,25,27). The lowest BCUT2D eigenvalue weighted by molar-refractivity contribution is 0.0526. The number of aromatic nitrogens is 3. The second-order valence-corrected chi connectivity index (χ2v) is 6.73. The Morgan fingerprint density at radius 1 is 1.29 bits per heavy atom. The second-order valence-electron chi connectivity index (χ2n) is 6.01. The molecular weight excluding hydrogens is 382 g/mol. The highest BCUT2D eigenvalue weighted by atomic mass is 32.1. The molecule has 140 valence electrons. The molecule has 3 aromatic heterocycles. The van der Waals surface area contributed by atoms with Crippen molar-refractivity contribution >= 4 is 28.6 Å². The zero-order valence-electron chi connectivity index (χ0n) is 14.5. The molecule has 4 rings (SSSR count). The predicted molar refractivity (Wildman–Crippen MR) is 105 cm³/mol. The summed E-state index contributed by atoms with van der Waals surface area (Å²) in [5.74, 6) is -3.46. The number of fused-ring (bicyclic) bond motifs is 1. The Morgan fingerprint density at radius 2 is 2.14 bits per heavy atom. The topological polar surface area (TPSA) is 59.3 Å². The Labute approximate surface area is 163 Å². The lowest BCUT2D eigenvalue weighted by Crippen LogP contribution is -2.12. The van der Waals surface area contributed by atoms with E-state index in [1.807, 2.05) is 0 Å². The van der Waals surface area contributed by atoms with E-state index in [1.165, 1.54) is 23.5 Å². The van der Waals surface area contributed by atoms with Gasteiger partial charge in [-0.1, -0.05) is 24.8 Å². The molecule has 0 saturated carbocycles.